The Bertz CT molecular complexity index is 179. The molecule has 2 atom stereocenters. The van der Waals surface area contributed by atoms with Crippen molar-refractivity contribution in [2.75, 3.05) is 13.2 Å². The molecule has 2 rings (SSSR count). The van der Waals surface area contributed by atoms with Crippen molar-refractivity contribution in [1.29, 1.82) is 0 Å². The Morgan fingerprint density at radius 2 is 2.17 bits per heavy atom. The highest BCUT2D eigenvalue weighted by Crippen LogP contribution is 2.35. The van der Waals surface area contributed by atoms with Crippen molar-refractivity contribution in [2.24, 2.45) is 0 Å². The molecule has 2 aliphatic heterocycles. The quantitative estimate of drug-likeness (QED) is 0.546. The number of ether oxygens (including phenoxy) is 1. The first kappa shape index (κ1) is 8.52. The number of rotatable bonds is 0. The summed E-state index contributed by atoms with van der Waals surface area (Å²) in [6.07, 6.45) is 3.08. The first-order valence-corrected chi connectivity index (χ1v) is 4.98. The minimum atomic E-state index is 0.419. The maximum atomic E-state index is 5.64. The molecule has 0 aliphatic carbocycles. The Morgan fingerprint density at radius 3 is 2.92 bits per heavy atom. The molecule has 12 heavy (non-hydrogen) atoms. The first-order chi connectivity index (χ1) is 5.59. The number of fused-ring (bicyclic) bond motifs is 1. The van der Waals surface area contributed by atoms with Crippen molar-refractivity contribution in [3.8, 4) is 0 Å². The third-order valence-corrected chi connectivity index (χ3v) is 3.33. The zero-order valence-corrected chi connectivity index (χ0v) is 8.34. The number of morpholine rings is 1. The summed E-state index contributed by atoms with van der Waals surface area (Å²) in [5, 5.41) is 0. The van der Waals surface area contributed by atoms with E-state index >= 15 is 0 Å². The zero-order chi connectivity index (χ0) is 8.77. The van der Waals surface area contributed by atoms with E-state index in [0.29, 0.717) is 17.7 Å². The van der Waals surface area contributed by atoms with Crippen LogP contribution in [0.15, 0.2) is 0 Å². The Morgan fingerprint density at radius 1 is 1.42 bits per heavy atom. The normalized spacial score (nSPS) is 41.2. The molecule has 2 heteroatoms. The van der Waals surface area contributed by atoms with Gasteiger partial charge in [-0.1, -0.05) is 0 Å². The lowest BCUT2D eigenvalue weighted by Crippen LogP contribution is -2.52. The Balaban J connectivity index is 2.10. The van der Waals surface area contributed by atoms with Crippen LogP contribution in [-0.4, -0.2) is 35.7 Å². The van der Waals surface area contributed by atoms with Crippen LogP contribution in [0.3, 0.4) is 0 Å². The summed E-state index contributed by atoms with van der Waals surface area (Å²) < 4.78 is 5.64. The maximum Gasteiger partial charge on any atom is 0.0675 e. The summed E-state index contributed by atoms with van der Waals surface area (Å²) >= 11 is 0. The molecular formula is C10H19NO. The molecule has 0 saturated carbocycles. The lowest BCUT2D eigenvalue weighted by molar-refractivity contribution is -0.0655. The van der Waals surface area contributed by atoms with Crippen LogP contribution in [0.5, 0.6) is 0 Å². The van der Waals surface area contributed by atoms with Gasteiger partial charge in [-0.3, -0.25) is 4.90 Å². The van der Waals surface area contributed by atoms with Gasteiger partial charge < -0.3 is 4.74 Å². The number of hydrogen-bond acceptors (Lipinski definition) is 2. The molecule has 70 valence electrons. The highest BCUT2D eigenvalue weighted by atomic mass is 16.5. The van der Waals surface area contributed by atoms with E-state index in [9.17, 15) is 0 Å². The highest BCUT2D eigenvalue weighted by Gasteiger charge is 2.42. The zero-order valence-electron chi connectivity index (χ0n) is 8.34. The molecule has 2 aliphatic rings. The summed E-state index contributed by atoms with van der Waals surface area (Å²) in [5.74, 6) is 0. The van der Waals surface area contributed by atoms with Crippen molar-refractivity contribution >= 4 is 0 Å². The molecule has 2 nitrogen and oxygen atoms in total. The Kier molecular flexibility index (Phi) is 1.92. The van der Waals surface area contributed by atoms with E-state index in [0.717, 1.165) is 13.2 Å². The fraction of sp³-hybridized carbons (Fsp3) is 1.00. The molecule has 0 bridgehead atoms. The summed E-state index contributed by atoms with van der Waals surface area (Å²) in [4.78, 5) is 2.63. The van der Waals surface area contributed by atoms with Gasteiger partial charge in [0.05, 0.1) is 12.7 Å². The molecule has 0 aromatic heterocycles. The molecule has 0 aromatic rings. The second kappa shape index (κ2) is 2.71. The Hall–Kier alpha value is -0.0800. The van der Waals surface area contributed by atoms with Gasteiger partial charge in [0.25, 0.3) is 0 Å². The lowest BCUT2D eigenvalue weighted by atomic mass is 10.0. The van der Waals surface area contributed by atoms with Crippen molar-refractivity contribution < 1.29 is 4.74 Å². The summed E-state index contributed by atoms with van der Waals surface area (Å²) in [5.41, 5.74) is 0.419. The van der Waals surface area contributed by atoms with E-state index in [4.69, 9.17) is 4.74 Å². The van der Waals surface area contributed by atoms with Crippen LogP contribution in [0, 0.1) is 0 Å². The first-order valence-electron chi connectivity index (χ1n) is 4.98. The molecule has 0 radical (unpaired) electrons. The van der Waals surface area contributed by atoms with Crippen LogP contribution < -0.4 is 0 Å². The average Bonchev–Trinajstić information content (AvgIpc) is 2.28. The minimum absolute atomic E-state index is 0.419. The van der Waals surface area contributed by atoms with Gasteiger partial charge in [-0.25, -0.2) is 0 Å². The van der Waals surface area contributed by atoms with Gasteiger partial charge >= 0.3 is 0 Å². The third kappa shape index (κ3) is 1.27. The molecule has 2 unspecified atom stereocenters. The van der Waals surface area contributed by atoms with Crippen molar-refractivity contribution in [3.63, 3.8) is 0 Å². The van der Waals surface area contributed by atoms with Gasteiger partial charge in [-0.05, 0) is 33.6 Å². The largest absolute Gasteiger partial charge is 0.376 e. The topological polar surface area (TPSA) is 12.5 Å². The number of hydrogen-bond donors (Lipinski definition) is 0. The van der Waals surface area contributed by atoms with Crippen molar-refractivity contribution in [3.05, 3.63) is 0 Å². The smallest absolute Gasteiger partial charge is 0.0675 e. The molecule has 2 fully saturated rings. The van der Waals surface area contributed by atoms with Gasteiger partial charge in [-0.15, -0.1) is 0 Å². The molecule has 0 N–H and O–H groups in total. The van der Waals surface area contributed by atoms with E-state index in [1.165, 1.54) is 12.8 Å². The minimum Gasteiger partial charge on any atom is -0.376 e. The predicted molar refractivity (Wildman–Crippen MR) is 49.2 cm³/mol. The summed E-state index contributed by atoms with van der Waals surface area (Å²) in [6, 6.07) is 0.705. The van der Waals surface area contributed by atoms with Gasteiger partial charge in [0.2, 0.25) is 0 Å². The maximum absolute atomic E-state index is 5.64. The predicted octanol–water partition coefficient (Wildman–Crippen LogP) is 1.65. The van der Waals surface area contributed by atoms with Crippen LogP contribution >= 0.6 is 0 Å². The molecule has 2 heterocycles. The SMILES string of the molecule is CC1CN2C(CCC2(C)C)CO1. The summed E-state index contributed by atoms with van der Waals surface area (Å²) in [7, 11) is 0. The van der Waals surface area contributed by atoms with E-state index < -0.39 is 0 Å². The van der Waals surface area contributed by atoms with Crippen molar-refractivity contribution in [2.45, 2.75) is 51.3 Å². The van der Waals surface area contributed by atoms with E-state index in [1.54, 1.807) is 0 Å². The molecule has 2 saturated heterocycles. The summed E-state index contributed by atoms with van der Waals surface area (Å²) in [6.45, 7) is 8.95. The lowest BCUT2D eigenvalue weighted by Gasteiger charge is -2.41. The van der Waals surface area contributed by atoms with E-state index in [2.05, 4.69) is 25.7 Å². The van der Waals surface area contributed by atoms with Gasteiger partial charge in [0, 0.05) is 18.1 Å². The van der Waals surface area contributed by atoms with Crippen LogP contribution in [0.25, 0.3) is 0 Å². The third-order valence-electron chi connectivity index (χ3n) is 3.33. The standard InChI is InChI=1S/C10H19NO/c1-8-6-11-9(7-12-8)4-5-10(11,2)3/h8-9H,4-7H2,1-3H3. The molecular weight excluding hydrogens is 150 g/mol. The highest BCUT2D eigenvalue weighted by molar-refractivity contribution is 4.96. The van der Waals surface area contributed by atoms with Crippen LogP contribution in [0.4, 0.5) is 0 Å². The van der Waals surface area contributed by atoms with Crippen molar-refractivity contribution in [1.82, 2.24) is 4.90 Å². The Labute approximate surface area is 74.9 Å². The van der Waals surface area contributed by atoms with Gasteiger partial charge in [0.15, 0.2) is 0 Å². The van der Waals surface area contributed by atoms with Crippen LogP contribution in [0.1, 0.15) is 33.6 Å². The van der Waals surface area contributed by atoms with E-state index in [-0.39, 0.29) is 0 Å². The fourth-order valence-electron chi connectivity index (χ4n) is 2.49. The average molecular weight is 169 g/mol. The van der Waals surface area contributed by atoms with Crippen LogP contribution in [0.2, 0.25) is 0 Å². The van der Waals surface area contributed by atoms with Gasteiger partial charge in [-0.2, -0.15) is 0 Å². The second-order valence-corrected chi connectivity index (χ2v) is 4.80. The molecule has 0 amide bonds. The monoisotopic (exact) mass is 169 g/mol. The molecule has 0 aromatic carbocycles. The molecule has 0 spiro atoms. The second-order valence-electron chi connectivity index (χ2n) is 4.80. The van der Waals surface area contributed by atoms with Gasteiger partial charge in [0.1, 0.15) is 0 Å². The van der Waals surface area contributed by atoms with Crippen LogP contribution in [-0.2, 0) is 4.74 Å². The fourth-order valence-corrected chi connectivity index (χ4v) is 2.49. The van der Waals surface area contributed by atoms with E-state index in [1.807, 2.05) is 0 Å². The number of nitrogens with zero attached hydrogens (tertiary/aromatic N) is 1.